The van der Waals surface area contributed by atoms with Crippen LogP contribution < -0.4 is 0 Å². The van der Waals surface area contributed by atoms with E-state index >= 15 is 0 Å². The zero-order valence-corrected chi connectivity index (χ0v) is 34.0. The molecule has 0 amide bonds. The molecule has 0 unspecified atom stereocenters. The standard InChI is InChI=1S/C58H35N5/c59-34-48-49(35-60)58(63-54-31-15-9-25-44(54)45-26-10-16-32-55(45)63)57(62-52-29-13-7-23-42(52)43-24-8-14-30-53(43)62)47(33-46-38-19-3-1-17-36(38)37-18-2-4-20-39(37)46)56(48)61-50-27-11-5-21-40(50)41-22-6-12-28-51(41)61/h1-32,46H,33H2. The van der Waals surface area contributed by atoms with Crippen molar-refractivity contribution in [2.75, 3.05) is 0 Å². The van der Waals surface area contributed by atoms with Crippen LogP contribution in [0, 0.1) is 22.7 Å². The first-order valence-electron chi connectivity index (χ1n) is 21.4. The summed E-state index contributed by atoms with van der Waals surface area (Å²) in [5, 5.41) is 30.3. The van der Waals surface area contributed by atoms with Gasteiger partial charge in [0, 0.05) is 43.8 Å². The van der Waals surface area contributed by atoms with Gasteiger partial charge in [0.1, 0.15) is 12.1 Å². The zero-order valence-electron chi connectivity index (χ0n) is 34.0. The van der Waals surface area contributed by atoms with Crippen molar-refractivity contribution < 1.29 is 0 Å². The lowest BCUT2D eigenvalue weighted by Gasteiger charge is -2.28. The maximum atomic E-state index is 11.9. The molecule has 292 valence electrons. The third-order valence-corrected chi connectivity index (χ3v) is 13.5. The van der Waals surface area contributed by atoms with Gasteiger partial charge in [-0.2, -0.15) is 10.5 Å². The van der Waals surface area contributed by atoms with Crippen molar-refractivity contribution in [2.24, 2.45) is 0 Å². The predicted octanol–water partition coefficient (Wildman–Crippen LogP) is 14.1. The van der Waals surface area contributed by atoms with Gasteiger partial charge in [0.25, 0.3) is 0 Å². The number of para-hydroxylation sites is 6. The average molecular weight is 802 g/mol. The monoisotopic (exact) mass is 801 g/mol. The normalized spacial score (nSPS) is 12.4. The quantitative estimate of drug-likeness (QED) is 0.174. The Kier molecular flexibility index (Phi) is 7.49. The average Bonchev–Trinajstić information content (AvgIpc) is 4.06. The van der Waals surface area contributed by atoms with Crippen molar-refractivity contribution in [3.05, 3.63) is 222 Å². The fourth-order valence-electron chi connectivity index (χ4n) is 11.1. The Morgan fingerprint density at radius 3 is 0.984 bits per heavy atom. The van der Waals surface area contributed by atoms with Gasteiger partial charge >= 0.3 is 0 Å². The molecule has 0 spiro atoms. The summed E-state index contributed by atoms with van der Waals surface area (Å²) in [5.74, 6) is -0.0541. The number of rotatable bonds is 5. The molecule has 1 aliphatic carbocycles. The van der Waals surface area contributed by atoms with Gasteiger partial charge in [-0.3, -0.25) is 0 Å². The van der Waals surface area contributed by atoms with E-state index in [9.17, 15) is 10.5 Å². The van der Waals surface area contributed by atoms with E-state index in [0.29, 0.717) is 23.2 Å². The van der Waals surface area contributed by atoms with Crippen LogP contribution in [0.25, 0.3) is 93.6 Å². The Bertz CT molecular complexity index is 3790. The Balaban J connectivity index is 1.32. The van der Waals surface area contributed by atoms with Gasteiger partial charge in [-0.15, -0.1) is 0 Å². The van der Waals surface area contributed by atoms with Crippen molar-refractivity contribution in [3.8, 4) is 40.3 Å². The van der Waals surface area contributed by atoms with Crippen LogP contribution in [-0.2, 0) is 6.42 Å². The second-order valence-corrected chi connectivity index (χ2v) is 16.5. The highest BCUT2D eigenvalue weighted by atomic mass is 15.1. The maximum absolute atomic E-state index is 11.9. The summed E-state index contributed by atoms with van der Waals surface area (Å²) in [6, 6.07) is 73.9. The van der Waals surface area contributed by atoms with Crippen LogP contribution in [-0.4, -0.2) is 13.7 Å². The fraction of sp³-hybridized carbons (Fsp3) is 0.0345. The second-order valence-electron chi connectivity index (χ2n) is 16.5. The Labute approximate surface area is 362 Å². The molecule has 0 atom stereocenters. The van der Waals surface area contributed by atoms with E-state index < -0.39 is 0 Å². The van der Waals surface area contributed by atoms with Gasteiger partial charge in [-0.1, -0.05) is 158 Å². The molecule has 0 radical (unpaired) electrons. The molecule has 0 N–H and O–H groups in total. The number of nitriles is 2. The number of hydrogen-bond donors (Lipinski definition) is 0. The number of nitrogens with zero attached hydrogens (tertiary/aromatic N) is 5. The number of hydrogen-bond acceptors (Lipinski definition) is 2. The molecule has 0 saturated heterocycles. The number of fused-ring (bicyclic) bond motifs is 12. The van der Waals surface area contributed by atoms with Gasteiger partial charge < -0.3 is 13.7 Å². The predicted molar refractivity (Wildman–Crippen MR) is 256 cm³/mol. The van der Waals surface area contributed by atoms with Gasteiger partial charge in [0.05, 0.1) is 61.3 Å². The lowest BCUT2D eigenvalue weighted by Crippen LogP contribution is -2.17. The minimum absolute atomic E-state index is 0.0541. The molecular formula is C58H35N5. The molecule has 63 heavy (non-hydrogen) atoms. The fourth-order valence-corrected chi connectivity index (χ4v) is 11.1. The van der Waals surface area contributed by atoms with Crippen molar-refractivity contribution in [2.45, 2.75) is 12.3 Å². The van der Waals surface area contributed by atoms with E-state index in [1.807, 2.05) is 0 Å². The molecular weight excluding hydrogens is 767 g/mol. The van der Waals surface area contributed by atoms with E-state index in [1.54, 1.807) is 0 Å². The zero-order chi connectivity index (χ0) is 41.8. The number of benzene rings is 9. The molecule has 0 aliphatic heterocycles. The van der Waals surface area contributed by atoms with Crippen molar-refractivity contribution >= 4 is 65.4 Å². The molecule has 5 nitrogen and oxygen atoms in total. The Hall–Kier alpha value is -8.64. The molecule has 12 aromatic rings. The minimum Gasteiger partial charge on any atom is -0.308 e. The molecule has 3 heterocycles. The maximum Gasteiger partial charge on any atom is 0.103 e. The Morgan fingerprint density at radius 2 is 0.619 bits per heavy atom. The lowest BCUT2D eigenvalue weighted by molar-refractivity contribution is 0.811. The van der Waals surface area contributed by atoms with E-state index in [0.717, 1.165) is 82.4 Å². The highest BCUT2D eigenvalue weighted by Crippen LogP contribution is 2.51. The van der Waals surface area contributed by atoms with Crippen LogP contribution in [0.2, 0.25) is 0 Å². The smallest absolute Gasteiger partial charge is 0.103 e. The lowest BCUT2D eigenvalue weighted by atomic mass is 9.85. The van der Waals surface area contributed by atoms with Gasteiger partial charge in [0.15, 0.2) is 0 Å². The van der Waals surface area contributed by atoms with Crippen LogP contribution in [0.3, 0.4) is 0 Å². The van der Waals surface area contributed by atoms with Gasteiger partial charge in [-0.25, -0.2) is 0 Å². The molecule has 13 rings (SSSR count). The summed E-state index contributed by atoms with van der Waals surface area (Å²) in [6.45, 7) is 0. The molecule has 0 saturated carbocycles. The summed E-state index contributed by atoms with van der Waals surface area (Å²) in [5.41, 5.74) is 14.9. The van der Waals surface area contributed by atoms with E-state index in [1.165, 1.54) is 22.3 Å². The summed E-state index contributed by atoms with van der Waals surface area (Å²) in [7, 11) is 0. The SMILES string of the molecule is N#Cc1c(C#N)c(-n2c3ccccc3c3ccccc32)c(-n2c3ccccc3c3ccccc32)c(CC2c3ccccc3-c3ccccc32)c1-n1c2ccccc2c2ccccc21. The van der Waals surface area contributed by atoms with E-state index in [-0.39, 0.29) is 5.92 Å². The van der Waals surface area contributed by atoms with Crippen LogP contribution in [0.15, 0.2) is 194 Å². The largest absolute Gasteiger partial charge is 0.308 e. The van der Waals surface area contributed by atoms with Gasteiger partial charge in [-0.05, 0) is 65.1 Å². The molecule has 1 aliphatic rings. The number of aromatic nitrogens is 3. The second kappa shape index (κ2) is 13.4. The Morgan fingerprint density at radius 1 is 0.333 bits per heavy atom. The molecule has 3 aromatic heterocycles. The van der Waals surface area contributed by atoms with Gasteiger partial charge in [0.2, 0.25) is 0 Å². The van der Waals surface area contributed by atoms with Crippen molar-refractivity contribution in [3.63, 3.8) is 0 Å². The summed E-state index contributed by atoms with van der Waals surface area (Å²) in [4.78, 5) is 0. The molecule has 0 bridgehead atoms. The van der Waals surface area contributed by atoms with Crippen molar-refractivity contribution in [1.29, 1.82) is 10.5 Å². The minimum atomic E-state index is -0.0541. The van der Waals surface area contributed by atoms with E-state index in [4.69, 9.17) is 0 Å². The van der Waals surface area contributed by atoms with Crippen LogP contribution in [0.5, 0.6) is 0 Å². The highest BCUT2D eigenvalue weighted by molar-refractivity contribution is 6.13. The van der Waals surface area contributed by atoms with E-state index in [2.05, 4.69) is 220 Å². The molecule has 9 aromatic carbocycles. The first-order valence-corrected chi connectivity index (χ1v) is 21.4. The summed E-state index contributed by atoms with van der Waals surface area (Å²) in [6.07, 6.45) is 0.547. The summed E-state index contributed by atoms with van der Waals surface area (Å²) < 4.78 is 6.93. The van der Waals surface area contributed by atoms with Crippen LogP contribution >= 0.6 is 0 Å². The van der Waals surface area contributed by atoms with Crippen LogP contribution in [0.4, 0.5) is 0 Å². The summed E-state index contributed by atoms with van der Waals surface area (Å²) >= 11 is 0. The first-order chi connectivity index (χ1) is 31.2. The first kappa shape index (κ1) is 35.1. The van der Waals surface area contributed by atoms with Crippen molar-refractivity contribution in [1.82, 2.24) is 13.7 Å². The topological polar surface area (TPSA) is 62.4 Å². The third-order valence-electron chi connectivity index (χ3n) is 13.5. The highest BCUT2D eigenvalue weighted by Gasteiger charge is 2.36. The van der Waals surface area contributed by atoms with Crippen LogP contribution in [0.1, 0.15) is 33.7 Å². The molecule has 0 fully saturated rings. The third kappa shape index (κ3) is 4.79. The molecule has 5 heteroatoms.